The van der Waals surface area contributed by atoms with Crippen LogP contribution in [0.25, 0.3) is 0 Å². The molecular formula is C10H12O2. The Bertz CT molecular complexity index is 239. The number of ketones is 2. The van der Waals surface area contributed by atoms with Crippen LogP contribution in [-0.4, -0.2) is 11.6 Å². The average molecular weight is 164 g/mol. The second kappa shape index (κ2) is 2.54. The van der Waals surface area contributed by atoms with Gasteiger partial charge >= 0.3 is 0 Å². The molecule has 0 amide bonds. The highest BCUT2D eigenvalue weighted by molar-refractivity contribution is 5.94. The Kier molecular flexibility index (Phi) is 1.63. The molecule has 2 heteroatoms. The van der Waals surface area contributed by atoms with Crippen LogP contribution in [0.1, 0.15) is 25.7 Å². The summed E-state index contributed by atoms with van der Waals surface area (Å²) in [5.41, 5.74) is 0.891. The van der Waals surface area contributed by atoms with Crippen LogP contribution < -0.4 is 0 Å². The quantitative estimate of drug-likeness (QED) is 0.508. The van der Waals surface area contributed by atoms with Gasteiger partial charge in [-0.25, -0.2) is 0 Å². The number of Topliss-reactive ketones (excluding diaryl/α,β-unsaturated/α-hetero) is 2. The van der Waals surface area contributed by atoms with E-state index in [-0.39, 0.29) is 11.8 Å². The van der Waals surface area contributed by atoms with Crippen LogP contribution in [0.2, 0.25) is 0 Å². The van der Waals surface area contributed by atoms with Gasteiger partial charge in [-0.05, 0) is 12.8 Å². The van der Waals surface area contributed by atoms with Crippen LogP contribution in [0.15, 0.2) is 12.2 Å². The molecule has 0 aliphatic heterocycles. The molecule has 0 saturated heterocycles. The zero-order valence-electron chi connectivity index (χ0n) is 7.01. The summed E-state index contributed by atoms with van der Waals surface area (Å²) in [5.74, 6) is 0.621. The average Bonchev–Trinajstić information content (AvgIpc) is 2.01. The monoisotopic (exact) mass is 164 g/mol. The summed E-state index contributed by atoms with van der Waals surface area (Å²) in [4.78, 5) is 22.7. The second-order valence-corrected chi connectivity index (χ2v) is 3.69. The van der Waals surface area contributed by atoms with E-state index in [1.165, 1.54) is 0 Å². The highest BCUT2D eigenvalue weighted by atomic mass is 16.1. The van der Waals surface area contributed by atoms with Crippen LogP contribution in [0.4, 0.5) is 0 Å². The van der Waals surface area contributed by atoms with Crippen molar-refractivity contribution in [2.75, 3.05) is 0 Å². The molecular weight excluding hydrogens is 152 g/mol. The van der Waals surface area contributed by atoms with Gasteiger partial charge in [-0.3, -0.25) is 9.59 Å². The van der Waals surface area contributed by atoms with E-state index in [0.717, 1.165) is 5.57 Å². The summed E-state index contributed by atoms with van der Waals surface area (Å²) in [6, 6.07) is 0. The van der Waals surface area contributed by atoms with Crippen LogP contribution >= 0.6 is 0 Å². The molecule has 0 aromatic carbocycles. The Balaban J connectivity index is 2.29. The van der Waals surface area contributed by atoms with Gasteiger partial charge in [0.25, 0.3) is 0 Å². The van der Waals surface area contributed by atoms with Gasteiger partial charge in [-0.15, -0.1) is 0 Å². The number of hydrogen-bond donors (Lipinski definition) is 0. The first-order chi connectivity index (χ1) is 5.70. The summed E-state index contributed by atoms with van der Waals surface area (Å²) < 4.78 is 0. The zero-order valence-corrected chi connectivity index (χ0v) is 7.01. The first-order valence-corrected chi connectivity index (χ1v) is 4.44. The molecule has 0 heterocycles. The first kappa shape index (κ1) is 7.71. The molecule has 2 nitrogen and oxygen atoms in total. The maximum Gasteiger partial charge on any atom is 0.140 e. The van der Waals surface area contributed by atoms with Crippen LogP contribution in [0.3, 0.4) is 0 Å². The molecule has 2 bridgehead atoms. The largest absolute Gasteiger partial charge is 0.299 e. The normalized spacial score (nSPS) is 35.5. The maximum atomic E-state index is 11.3. The summed E-state index contributed by atoms with van der Waals surface area (Å²) >= 11 is 0. The van der Waals surface area contributed by atoms with Crippen molar-refractivity contribution in [3.8, 4) is 0 Å². The Labute approximate surface area is 71.6 Å². The Hall–Kier alpha value is -0.920. The molecule has 0 N–H and O–H groups in total. The number of carbonyl (C=O) groups excluding carboxylic acids is 2. The molecule has 0 spiro atoms. The van der Waals surface area contributed by atoms with E-state index in [1.54, 1.807) is 0 Å². The van der Waals surface area contributed by atoms with Gasteiger partial charge in [0.15, 0.2) is 0 Å². The summed E-state index contributed by atoms with van der Waals surface area (Å²) in [6.45, 7) is 3.86. The van der Waals surface area contributed by atoms with Crippen LogP contribution in [0, 0.1) is 11.8 Å². The third kappa shape index (κ3) is 0.942. The highest BCUT2D eigenvalue weighted by Crippen LogP contribution is 2.39. The van der Waals surface area contributed by atoms with E-state index < -0.39 is 0 Å². The van der Waals surface area contributed by atoms with E-state index in [4.69, 9.17) is 0 Å². The predicted octanol–water partition coefficient (Wildman–Crippen LogP) is 1.50. The zero-order chi connectivity index (χ0) is 8.72. The minimum atomic E-state index is 0.0152. The van der Waals surface area contributed by atoms with Crippen LogP contribution in [-0.2, 0) is 9.59 Å². The van der Waals surface area contributed by atoms with E-state index in [9.17, 15) is 9.59 Å². The number of fused-ring (bicyclic) bond motifs is 2. The van der Waals surface area contributed by atoms with Crippen molar-refractivity contribution in [2.24, 2.45) is 11.8 Å². The second-order valence-electron chi connectivity index (χ2n) is 3.69. The highest BCUT2D eigenvalue weighted by Gasteiger charge is 2.39. The summed E-state index contributed by atoms with van der Waals surface area (Å²) in [7, 11) is 0. The van der Waals surface area contributed by atoms with Crippen molar-refractivity contribution in [1.82, 2.24) is 0 Å². The van der Waals surface area contributed by atoms with Gasteiger partial charge in [-0.2, -0.15) is 0 Å². The SMILES string of the molecule is C=C1[C@@H]2CCC(=O)[C@H]1CCC2=O. The molecule has 2 aliphatic rings. The standard InChI is InChI=1S/C10H12O2/c1-6-7-2-4-9(11)8(6)3-5-10(7)12/h7-8H,1-5H2/t7-,8-/m0/s1. The molecule has 2 saturated carbocycles. The number of allylic oxidation sites excluding steroid dienone is 1. The molecule has 0 radical (unpaired) electrons. The van der Waals surface area contributed by atoms with Crippen molar-refractivity contribution in [1.29, 1.82) is 0 Å². The number of rotatable bonds is 0. The van der Waals surface area contributed by atoms with Crippen LogP contribution in [0.5, 0.6) is 0 Å². The number of carbonyl (C=O) groups is 2. The molecule has 64 valence electrons. The van der Waals surface area contributed by atoms with Gasteiger partial charge in [-0.1, -0.05) is 12.2 Å². The van der Waals surface area contributed by atoms with Gasteiger partial charge < -0.3 is 0 Å². The van der Waals surface area contributed by atoms with Crippen molar-refractivity contribution in [3.05, 3.63) is 12.2 Å². The Morgan fingerprint density at radius 2 is 1.42 bits per heavy atom. The third-order valence-corrected chi connectivity index (χ3v) is 3.03. The van der Waals surface area contributed by atoms with Crippen molar-refractivity contribution in [3.63, 3.8) is 0 Å². The van der Waals surface area contributed by atoms with Gasteiger partial charge in [0.2, 0.25) is 0 Å². The molecule has 2 fully saturated rings. The van der Waals surface area contributed by atoms with Crippen molar-refractivity contribution in [2.45, 2.75) is 25.7 Å². The molecule has 2 atom stereocenters. The summed E-state index contributed by atoms with van der Waals surface area (Å²) in [5, 5.41) is 0. The smallest absolute Gasteiger partial charge is 0.140 e. The van der Waals surface area contributed by atoms with Gasteiger partial charge in [0.1, 0.15) is 11.6 Å². The lowest BCUT2D eigenvalue weighted by atomic mass is 9.68. The maximum absolute atomic E-state index is 11.3. The lowest BCUT2D eigenvalue weighted by Crippen LogP contribution is -2.36. The van der Waals surface area contributed by atoms with Crippen molar-refractivity contribution >= 4 is 11.6 Å². The number of hydrogen-bond acceptors (Lipinski definition) is 2. The molecule has 0 aromatic heterocycles. The fraction of sp³-hybridized carbons (Fsp3) is 0.600. The van der Waals surface area contributed by atoms with Crippen molar-refractivity contribution < 1.29 is 9.59 Å². The molecule has 0 unspecified atom stereocenters. The van der Waals surface area contributed by atoms with E-state index in [2.05, 4.69) is 6.58 Å². The third-order valence-electron chi connectivity index (χ3n) is 3.03. The van der Waals surface area contributed by atoms with Gasteiger partial charge in [0.05, 0.1) is 0 Å². The molecule has 2 aliphatic carbocycles. The fourth-order valence-electron chi connectivity index (χ4n) is 2.27. The Morgan fingerprint density at radius 1 is 1.00 bits per heavy atom. The van der Waals surface area contributed by atoms with Gasteiger partial charge in [0, 0.05) is 24.7 Å². The minimum absolute atomic E-state index is 0.0152. The van der Waals surface area contributed by atoms with E-state index in [1.807, 2.05) is 0 Å². The molecule has 2 rings (SSSR count). The Morgan fingerprint density at radius 3 is 1.83 bits per heavy atom. The molecule has 0 aromatic rings. The topological polar surface area (TPSA) is 34.1 Å². The first-order valence-electron chi connectivity index (χ1n) is 4.44. The lowest BCUT2D eigenvalue weighted by Gasteiger charge is -2.34. The minimum Gasteiger partial charge on any atom is -0.299 e. The fourth-order valence-corrected chi connectivity index (χ4v) is 2.27. The van der Waals surface area contributed by atoms with E-state index >= 15 is 0 Å². The van der Waals surface area contributed by atoms with E-state index in [0.29, 0.717) is 37.2 Å². The lowest BCUT2D eigenvalue weighted by molar-refractivity contribution is -0.130. The summed E-state index contributed by atoms with van der Waals surface area (Å²) in [6.07, 6.45) is 2.60. The predicted molar refractivity (Wildman–Crippen MR) is 44.6 cm³/mol. The molecule has 12 heavy (non-hydrogen) atoms.